The fourth-order valence-corrected chi connectivity index (χ4v) is 8.97. The van der Waals surface area contributed by atoms with Gasteiger partial charge in [-0.25, -0.2) is 0 Å². The van der Waals surface area contributed by atoms with Gasteiger partial charge in [0, 0.05) is 68.3 Å². The molecular formula is C62H54N4. The van der Waals surface area contributed by atoms with Crippen LogP contribution in [0.4, 0.5) is 56.9 Å². The molecule has 2 unspecified atom stereocenters. The molecule has 0 amide bonds. The topological polar surface area (TPSA) is 13.0 Å². The largest absolute Gasteiger partial charge is 0.311 e. The number of hydrogen-bond donors (Lipinski definition) is 0. The average Bonchev–Trinajstić information content (AvgIpc) is 3.38. The van der Waals surface area contributed by atoms with Gasteiger partial charge >= 0.3 is 0 Å². The summed E-state index contributed by atoms with van der Waals surface area (Å²) in [5, 5.41) is 0. The Hall–Kier alpha value is -8.08. The molecule has 4 nitrogen and oxygen atoms in total. The van der Waals surface area contributed by atoms with Crippen molar-refractivity contribution < 1.29 is 0 Å². The summed E-state index contributed by atoms with van der Waals surface area (Å²) in [6.07, 6.45) is 15.9. The van der Waals surface area contributed by atoms with Crippen LogP contribution in [0.1, 0.15) is 26.7 Å². The molecule has 0 saturated heterocycles. The third kappa shape index (κ3) is 9.13. The minimum Gasteiger partial charge on any atom is -0.311 e. The van der Waals surface area contributed by atoms with Crippen LogP contribution in [0, 0.1) is 11.8 Å². The average molecular weight is 855 g/mol. The van der Waals surface area contributed by atoms with Crippen LogP contribution in [0.15, 0.2) is 266 Å². The summed E-state index contributed by atoms with van der Waals surface area (Å²) >= 11 is 0. The van der Waals surface area contributed by atoms with Gasteiger partial charge in [0.05, 0.1) is 0 Å². The Kier molecular flexibility index (Phi) is 12.3. The zero-order valence-corrected chi connectivity index (χ0v) is 37.6. The first-order chi connectivity index (χ1) is 32.6. The highest BCUT2D eigenvalue weighted by molar-refractivity contribution is 5.82. The van der Waals surface area contributed by atoms with Crippen LogP contribution in [0.2, 0.25) is 0 Å². The molecule has 0 N–H and O–H groups in total. The highest BCUT2D eigenvalue weighted by atomic mass is 15.2. The van der Waals surface area contributed by atoms with E-state index in [1.807, 2.05) is 0 Å². The molecule has 0 fully saturated rings. The van der Waals surface area contributed by atoms with E-state index >= 15 is 0 Å². The summed E-state index contributed by atoms with van der Waals surface area (Å²) in [4.78, 5) is 9.36. The quantitative estimate of drug-likeness (QED) is 0.115. The van der Waals surface area contributed by atoms with Crippen molar-refractivity contribution in [1.82, 2.24) is 0 Å². The van der Waals surface area contributed by atoms with E-state index in [0.29, 0.717) is 11.8 Å². The number of rotatable bonds is 13. The van der Waals surface area contributed by atoms with Crippen molar-refractivity contribution in [1.29, 1.82) is 0 Å². The molecule has 0 aliphatic heterocycles. The third-order valence-electron chi connectivity index (χ3n) is 12.5. The van der Waals surface area contributed by atoms with E-state index in [-0.39, 0.29) is 0 Å². The molecule has 2 aliphatic rings. The third-order valence-corrected chi connectivity index (χ3v) is 12.5. The second-order valence-corrected chi connectivity index (χ2v) is 17.2. The Morgan fingerprint density at radius 2 is 0.500 bits per heavy atom. The fraction of sp³-hybridized carbons (Fsp3) is 0.0968. The van der Waals surface area contributed by atoms with E-state index in [9.17, 15) is 0 Å². The van der Waals surface area contributed by atoms with Gasteiger partial charge in [0.2, 0.25) is 0 Å². The molecule has 2 aliphatic carbocycles. The zero-order chi connectivity index (χ0) is 44.7. The lowest BCUT2D eigenvalue weighted by atomic mass is 10.00. The summed E-state index contributed by atoms with van der Waals surface area (Å²) in [5.41, 5.74) is 15.9. The molecule has 0 spiro atoms. The summed E-state index contributed by atoms with van der Waals surface area (Å²) in [6, 6.07) is 78.3. The zero-order valence-electron chi connectivity index (χ0n) is 37.6. The number of hydrogen-bond acceptors (Lipinski definition) is 4. The maximum Gasteiger partial charge on any atom is 0.0463 e. The second-order valence-electron chi connectivity index (χ2n) is 17.2. The van der Waals surface area contributed by atoms with Gasteiger partial charge in [0.1, 0.15) is 0 Å². The van der Waals surface area contributed by atoms with Crippen molar-refractivity contribution in [3.8, 4) is 11.1 Å². The monoisotopic (exact) mass is 854 g/mol. The first kappa shape index (κ1) is 41.9. The number of para-hydroxylation sites is 4. The Balaban J connectivity index is 0.930. The van der Waals surface area contributed by atoms with Crippen LogP contribution in [0.25, 0.3) is 11.1 Å². The van der Waals surface area contributed by atoms with Gasteiger partial charge in [0.25, 0.3) is 0 Å². The highest BCUT2D eigenvalue weighted by Gasteiger charge is 2.20. The van der Waals surface area contributed by atoms with Gasteiger partial charge in [-0.3, -0.25) is 0 Å². The molecule has 66 heavy (non-hydrogen) atoms. The minimum absolute atomic E-state index is 0.515. The number of allylic oxidation sites excluding steroid dienone is 6. The predicted molar refractivity (Wildman–Crippen MR) is 280 cm³/mol. The SMILES string of the molecule is CC1C=CC(N(c2ccc(-c3ccc(N(c4ccccc4)c4ccc(N(C5=CCC(C)C=C5)c5ccccc5)cc4)cc3)cc2)c2ccc(N(c3ccccc3)c3ccccc3)cc2)=CC1. The smallest absolute Gasteiger partial charge is 0.0463 e. The normalized spacial score (nSPS) is 15.4. The molecule has 0 heterocycles. The van der Waals surface area contributed by atoms with E-state index in [1.165, 1.54) is 22.5 Å². The second kappa shape index (κ2) is 19.3. The standard InChI is InChI=1S/C62H54N4/c1-47-23-31-55(32-24-47)64(53-19-11-5-12-20-53)60-41-43-61(44-42-60)65(54-21-13-6-14-22-54)57-35-27-49(28-36-57)50-29-37-58(38-30-50)66(56-33-25-48(2)26-34-56)62-45-39-59(40-46-62)63(51-15-7-3-8-16-51)52-17-9-4-10-18-52/h3-23,25,27-48H,24,26H2,1-2H3. The summed E-state index contributed by atoms with van der Waals surface area (Å²) in [6.45, 7) is 4.54. The van der Waals surface area contributed by atoms with E-state index in [4.69, 9.17) is 0 Å². The first-order valence-electron chi connectivity index (χ1n) is 23.1. The van der Waals surface area contributed by atoms with Crippen LogP contribution in [-0.4, -0.2) is 0 Å². The maximum absolute atomic E-state index is 2.37. The van der Waals surface area contributed by atoms with Crippen molar-refractivity contribution in [3.05, 3.63) is 266 Å². The van der Waals surface area contributed by atoms with Crippen LogP contribution < -0.4 is 19.6 Å². The van der Waals surface area contributed by atoms with E-state index < -0.39 is 0 Å². The molecule has 10 rings (SSSR count). The predicted octanol–water partition coefficient (Wildman–Crippen LogP) is 17.5. The lowest BCUT2D eigenvalue weighted by Gasteiger charge is -2.30. The van der Waals surface area contributed by atoms with E-state index in [0.717, 1.165) is 69.7 Å². The molecule has 0 radical (unpaired) electrons. The van der Waals surface area contributed by atoms with Gasteiger partial charge < -0.3 is 19.6 Å². The van der Waals surface area contributed by atoms with Gasteiger partial charge in [-0.05, 0) is 169 Å². The van der Waals surface area contributed by atoms with Crippen LogP contribution in [0.5, 0.6) is 0 Å². The number of benzene rings is 8. The van der Waals surface area contributed by atoms with Crippen LogP contribution in [-0.2, 0) is 0 Å². The van der Waals surface area contributed by atoms with Gasteiger partial charge in [-0.2, -0.15) is 0 Å². The summed E-state index contributed by atoms with van der Waals surface area (Å²) < 4.78 is 0. The summed E-state index contributed by atoms with van der Waals surface area (Å²) in [7, 11) is 0. The Bertz CT molecular complexity index is 2920. The van der Waals surface area contributed by atoms with Crippen molar-refractivity contribution in [2.24, 2.45) is 11.8 Å². The first-order valence-corrected chi connectivity index (χ1v) is 23.1. The molecule has 322 valence electrons. The van der Waals surface area contributed by atoms with Crippen molar-refractivity contribution in [3.63, 3.8) is 0 Å². The van der Waals surface area contributed by atoms with Gasteiger partial charge in [0.15, 0.2) is 0 Å². The van der Waals surface area contributed by atoms with Gasteiger partial charge in [-0.15, -0.1) is 0 Å². The fourth-order valence-electron chi connectivity index (χ4n) is 8.97. The lowest BCUT2D eigenvalue weighted by molar-refractivity contribution is 0.728. The van der Waals surface area contributed by atoms with Gasteiger partial charge in [-0.1, -0.05) is 135 Å². The molecular weight excluding hydrogens is 801 g/mol. The van der Waals surface area contributed by atoms with Crippen molar-refractivity contribution in [2.45, 2.75) is 26.7 Å². The molecule has 4 heteroatoms. The Morgan fingerprint density at radius 3 is 0.758 bits per heavy atom. The number of nitrogens with zero attached hydrogens (tertiary/aromatic N) is 4. The molecule has 0 bridgehead atoms. The molecule has 8 aromatic rings. The van der Waals surface area contributed by atoms with Crippen molar-refractivity contribution in [2.75, 3.05) is 19.6 Å². The molecule has 0 aromatic heterocycles. The molecule has 0 saturated carbocycles. The minimum atomic E-state index is 0.515. The maximum atomic E-state index is 2.37. The Labute approximate surface area is 390 Å². The molecule has 8 aromatic carbocycles. The van der Waals surface area contributed by atoms with E-state index in [1.54, 1.807) is 0 Å². The summed E-state index contributed by atoms with van der Waals surface area (Å²) in [5.74, 6) is 1.06. The van der Waals surface area contributed by atoms with Crippen LogP contribution in [0.3, 0.4) is 0 Å². The highest BCUT2D eigenvalue weighted by Crippen LogP contribution is 2.41. The lowest BCUT2D eigenvalue weighted by Crippen LogP contribution is -2.17. The van der Waals surface area contributed by atoms with Crippen LogP contribution >= 0.6 is 0 Å². The molecule has 2 atom stereocenters. The number of anilines is 10. The van der Waals surface area contributed by atoms with E-state index in [2.05, 4.69) is 288 Å². The Morgan fingerprint density at radius 1 is 0.273 bits per heavy atom. The van der Waals surface area contributed by atoms with Crippen molar-refractivity contribution >= 4 is 56.9 Å².